The highest BCUT2D eigenvalue weighted by Crippen LogP contribution is 2.23. The van der Waals surface area contributed by atoms with Crippen LogP contribution in [0.25, 0.3) is 0 Å². The smallest absolute Gasteiger partial charge is 0.244 e. The minimum absolute atomic E-state index is 0.211. The lowest BCUT2D eigenvalue weighted by Crippen LogP contribution is -2.47. The topological polar surface area (TPSA) is 60.0 Å². The quantitative estimate of drug-likeness (QED) is 0.748. The van der Waals surface area contributed by atoms with E-state index in [0.717, 1.165) is 18.9 Å². The third kappa shape index (κ3) is 4.22. The molecule has 4 rings (SSSR count). The van der Waals surface area contributed by atoms with E-state index in [-0.39, 0.29) is 10.7 Å². The number of hydrogen-bond donors (Lipinski definition) is 0. The summed E-state index contributed by atoms with van der Waals surface area (Å²) in [7, 11) is -1.51. The summed E-state index contributed by atoms with van der Waals surface area (Å²) in [6.45, 7) is 5.23. The van der Waals surface area contributed by atoms with E-state index in [4.69, 9.17) is 0 Å². The Morgan fingerprint density at radius 3 is 2.14 bits per heavy atom. The van der Waals surface area contributed by atoms with Gasteiger partial charge in [-0.15, -0.1) is 0 Å². The summed E-state index contributed by atoms with van der Waals surface area (Å²) < 4.78 is 41.2. The fraction of sp³-hybridized carbons (Fsp3) is 0.450. The van der Waals surface area contributed by atoms with Crippen LogP contribution in [0, 0.1) is 5.82 Å². The van der Waals surface area contributed by atoms with Crippen molar-refractivity contribution in [2.45, 2.75) is 4.90 Å². The second-order valence-corrected chi connectivity index (χ2v) is 9.42. The third-order valence-corrected chi connectivity index (χ3v) is 7.50. The zero-order valence-electron chi connectivity index (χ0n) is 16.5. The van der Waals surface area contributed by atoms with E-state index in [1.807, 2.05) is 18.0 Å². The van der Waals surface area contributed by atoms with Crippen LogP contribution < -0.4 is 9.80 Å². The van der Waals surface area contributed by atoms with Gasteiger partial charge in [-0.1, -0.05) is 12.1 Å². The van der Waals surface area contributed by atoms with Crippen molar-refractivity contribution in [2.75, 3.05) is 69.2 Å². The molecule has 156 valence electrons. The van der Waals surface area contributed by atoms with Gasteiger partial charge < -0.3 is 14.7 Å². The van der Waals surface area contributed by atoms with Crippen LogP contribution in [0.2, 0.25) is 0 Å². The number of rotatable bonds is 4. The molecule has 0 atom stereocenters. The van der Waals surface area contributed by atoms with Crippen molar-refractivity contribution in [3.05, 3.63) is 48.4 Å². The molecule has 9 heteroatoms. The van der Waals surface area contributed by atoms with Gasteiger partial charge in [-0.2, -0.15) is 4.31 Å². The van der Waals surface area contributed by atoms with Crippen LogP contribution in [0.3, 0.4) is 0 Å². The van der Waals surface area contributed by atoms with Crippen molar-refractivity contribution in [2.24, 2.45) is 0 Å². The van der Waals surface area contributed by atoms with Crippen molar-refractivity contribution < 1.29 is 12.8 Å². The van der Waals surface area contributed by atoms with Crippen LogP contribution in [0.1, 0.15) is 0 Å². The van der Waals surface area contributed by atoms with Crippen LogP contribution in [-0.4, -0.2) is 82.0 Å². The number of nitrogens with zero attached hydrogens (tertiary/aromatic N) is 5. The molecule has 2 aliphatic rings. The van der Waals surface area contributed by atoms with Gasteiger partial charge in [0.05, 0.1) is 5.69 Å². The number of likely N-dealkylation sites (N-methyl/N-ethyl adjacent to an activating group) is 1. The van der Waals surface area contributed by atoms with Gasteiger partial charge in [-0.3, -0.25) is 0 Å². The lowest BCUT2D eigenvalue weighted by Gasteiger charge is -2.37. The van der Waals surface area contributed by atoms with Crippen LogP contribution in [0.4, 0.5) is 15.9 Å². The summed E-state index contributed by atoms with van der Waals surface area (Å²) in [5.74, 6) is 0.535. The van der Waals surface area contributed by atoms with Gasteiger partial charge in [0.25, 0.3) is 0 Å². The Labute approximate surface area is 171 Å². The maximum atomic E-state index is 14.0. The number of halogens is 1. The molecule has 0 unspecified atom stereocenters. The molecule has 0 radical (unpaired) electrons. The molecule has 0 bridgehead atoms. The van der Waals surface area contributed by atoms with Gasteiger partial charge >= 0.3 is 0 Å². The Bertz CT molecular complexity index is 938. The number of aromatic nitrogens is 1. The number of para-hydroxylation sites is 1. The largest absolute Gasteiger partial charge is 0.366 e. The van der Waals surface area contributed by atoms with Crippen LogP contribution in [0.5, 0.6) is 0 Å². The van der Waals surface area contributed by atoms with Crippen LogP contribution in [-0.2, 0) is 10.0 Å². The zero-order valence-corrected chi connectivity index (χ0v) is 17.4. The molecule has 3 heterocycles. The zero-order chi connectivity index (χ0) is 20.4. The second kappa shape index (κ2) is 8.25. The number of hydrogen-bond acceptors (Lipinski definition) is 6. The third-order valence-electron chi connectivity index (χ3n) is 5.62. The van der Waals surface area contributed by atoms with Gasteiger partial charge in [0.15, 0.2) is 0 Å². The Morgan fingerprint density at radius 2 is 1.52 bits per heavy atom. The fourth-order valence-corrected chi connectivity index (χ4v) is 5.14. The SMILES string of the molecule is CN1CCN(S(=O)(=O)c2ccc(N3CCN(c4ccccc4F)CC3)nc2)CC1. The van der Waals surface area contributed by atoms with Gasteiger partial charge in [0.1, 0.15) is 16.5 Å². The van der Waals surface area contributed by atoms with E-state index >= 15 is 0 Å². The molecule has 2 saturated heterocycles. The van der Waals surface area contributed by atoms with Crippen molar-refractivity contribution >= 4 is 21.5 Å². The molecule has 29 heavy (non-hydrogen) atoms. The molecule has 0 saturated carbocycles. The molecule has 1 aromatic carbocycles. The van der Waals surface area contributed by atoms with E-state index in [1.54, 1.807) is 24.3 Å². The summed E-state index contributed by atoms with van der Waals surface area (Å²) in [6.07, 6.45) is 1.45. The average molecular weight is 420 g/mol. The first-order valence-corrected chi connectivity index (χ1v) is 11.3. The molecule has 2 aromatic rings. The lowest BCUT2D eigenvalue weighted by molar-refractivity contribution is 0.222. The maximum Gasteiger partial charge on any atom is 0.244 e. The Morgan fingerprint density at radius 1 is 0.862 bits per heavy atom. The monoisotopic (exact) mass is 419 g/mol. The molecular weight excluding hydrogens is 393 g/mol. The minimum Gasteiger partial charge on any atom is -0.366 e. The highest BCUT2D eigenvalue weighted by molar-refractivity contribution is 7.89. The molecule has 0 N–H and O–H groups in total. The Kier molecular flexibility index (Phi) is 5.71. The van der Waals surface area contributed by atoms with E-state index in [2.05, 4.69) is 14.8 Å². The minimum atomic E-state index is -3.51. The van der Waals surface area contributed by atoms with Gasteiger partial charge in [0, 0.05) is 58.6 Å². The van der Waals surface area contributed by atoms with E-state index in [9.17, 15) is 12.8 Å². The number of benzene rings is 1. The number of sulfonamides is 1. The second-order valence-electron chi connectivity index (χ2n) is 7.48. The van der Waals surface area contributed by atoms with Crippen molar-refractivity contribution in [3.63, 3.8) is 0 Å². The summed E-state index contributed by atoms with van der Waals surface area (Å²) in [5.41, 5.74) is 0.619. The Hall–Kier alpha value is -2.23. The number of piperazine rings is 2. The highest BCUT2D eigenvalue weighted by Gasteiger charge is 2.28. The molecule has 0 amide bonds. The molecule has 2 aliphatic heterocycles. The van der Waals surface area contributed by atoms with Gasteiger partial charge in [-0.25, -0.2) is 17.8 Å². The molecule has 0 spiro atoms. The maximum absolute atomic E-state index is 14.0. The van der Waals surface area contributed by atoms with E-state index in [1.165, 1.54) is 16.6 Å². The Balaban J connectivity index is 1.41. The van der Waals surface area contributed by atoms with Crippen LogP contribution >= 0.6 is 0 Å². The molecule has 7 nitrogen and oxygen atoms in total. The van der Waals surface area contributed by atoms with Crippen molar-refractivity contribution in [1.29, 1.82) is 0 Å². The first-order chi connectivity index (χ1) is 13.9. The summed E-state index contributed by atoms with van der Waals surface area (Å²) in [6, 6.07) is 10.2. The predicted octanol–water partition coefficient (Wildman–Crippen LogP) is 1.48. The summed E-state index contributed by atoms with van der Waals surface area (Å²) in [4.78, 5) is 10.9. The highest BCUT2D eigenvalue weighted by atomic mass is 32.2. The van der Waals surface area contributed by atoms with Crippen LogP contribution in [0.15, 0.2) is 47.5 Å². The lowest BCUT2D eigenvalue weighted by atomic mass is 10.2. The van der Waals surface area contributed by atoms with Gasteiger partial charge in [0.2, 0.25) is 10.0 Å². The van der Waals surface area contributed by atoms with Crippen molar-refractivity contribution in [1.82, 2.24) is 14.2 Å². The number of pyridine rings is 1. The first kappa shape index (κ1) is 20.1. The normalized spacial score (nSPS) is 19.5. The molecule has 2 fully saturated rings. The van der Waals surface area contributed by atoms with Crippen molar-refractivity contribution in [3.8, 4) is 0 Å². The molecule has 1 aromatic heterocycles. The summed E-state index contributed by atoms with van der Waals surface area (Å²) in [5, 5.41) is 0. The predicted molar refractivity (Wildman–Crippen MR) is 111 cm³/mol. The first-order valence-electron chi connectivity index (χ1n) is 9.84. The molecular formula is C20H26FN5O2S. The average Bonchev–Trinajstić information content (AvgIpc) is 2.75. The fourth-order valence-electron chi connectivity index (χ4n) is 3.77. The van der Waals surface area contributed by atoms with E-state index in [0.29, 0.717) is 45.0 Å². The summed E-state index contributed by atoms with van der Waals surface area (Å²) >= 11 is 0. The standard InChI is InChI=1S/C20H26FN5O2S/c1-23-8-14-26(15-9-23)29(27,28)17-6-7-20(22-16-17)25-12-10-24(11-13-25)19-5-3-2-4-18(19)21/h2-7,16H,8-15H2,1H3. The number of anilines is 2. The molecule has 0 aliphatic carbocycles. The van der Waals surface area contributed by atoms with Gasteiger partial charge in [-0.05, 0) is 31.3 Å². The van der Waals surface area contributed by atoms with E-state index < -0.39 is 10.0 Å².